The van der Waals surface area contributed by atoms with Crippen molar-refractivity contribution in [3.05, 3.63) is 52.3 Å². The van der Waals surface area contributed by atoms with Crippen molar-refractivity contribution in [3.8, 4) is 6.07 Å². The zero-order valence-electron chi connectivity index (χ0n) is 14.2. The third-order valence-electron chi connectivity index (χ3n) is 4.80. The molecule has 2 heterocycles. The van der Waals surface area contributed by atoms with Crippen LogP contribution in [-0.4, -0.2) is 27.5 Å². The van der Waals surface area contributed by atoms with Crippen molar-refractivity contribution in [1.29, 1.82) is 5.26 Å². The van der Waals surface area contributed by atoms with Crippen molar-refractivity contribution >= 4 is 5.91 Å². The molecule has 0 bridgehead atoms. The van der Waals surface area contributed by atoms with Gasteiger partial charge in [0.2, 0.25) is 5.91 Å². The predicted molar refractivity (Wildman–Crippen MR) is 91.2 cm³/mol. The number of likely N-dealkylation sites (tertiary alicyclic amines) is 1. The van der Waals surface area contributed by atoms with Crippen LogP contribution in [0.1, 0.15) is 53.4 Å². The molecule has 1 unspecified atom stereocenters. The standard InChI is InChI=1S/C19H22N4O/c1-13-19(14(2)22-21-13)17-4-3-11-23(17)18(24)10-9-15-5-7-16(12-20)8-6-15/h5-8,17H,3-4,9-11H2,1-2H3,(H,21,22). The highest BCUT2D eigenvalue weighted by Gasteiger charge is 2.32. The first kappa shape index (κ1) is 16.3. The van der Waals surface area contributed by atoms with E-state index >= 15 is 0 Å². The largest absolute Gasteiger partial charge is 0.336 e. The molecule has 1 amide bonds. The maximum absolute atomic E-state index is 12.7. The second kappa shape index (κ2) is 6.88. The molecule has 1 aromatic heterocycles. The number of aryl methyl sites for hydroxylation is 3. The highest BCUT2D eigenvalue weighted by Crippen LogP contribution is 2.35. The van der Waals surface area contributed by atoms with Gasteiger partial charge in [0.25, 0.3) is 0 Å². The summed E-state index contributed by atoms with van der Waals surface area (Å²) in [6.07, 6.45) is 3.25. The number of rotatable bonds is 4. The zero-order valence-corrected chi connectivity index (χ0v) is 14.2. The Kier molecular flexibility index (Phi) is 4.66. The van der Waals surface area contributed by atoms with Crippen molar-refractivity contribution in [2.24, 2.45) is 0 Å². The quantitative estimate of drug-likeness (QED) is 0.939. The number of amides is 1. The number of nitrogens with one attached hydrogen (secondary N) is 1. The summed E-state index contributed by atoms with van der Waals surface area (Å²) in [7, 11) is 0. The zero-order chi connectivity index (χ0) is 17.1. The van der Waals surface area contributed by atoms with Gasteiger partial charge in [0.05, 0.1) is 23.4 Å². The number of carbonyl (C=O) groups excluding carboxylic acids is 1. The van der Waals surface area contributed by atoms with E-state index in [2.05, 4.69) is 16.3 Å². The third kappa shape index (κ3) is 3.18. The number of aromatic amines is 1. The van der Waals surface area contributed by atoms with Crippen LogP contribution in [0.15, 0.2) is 24.3 Å². The normalized spacial score (nSPS) is 17.0. The monoisotopic (exact) mass is 322 g/mol. The Balaban J connectivity index is 1.66. The third-order valence-corrected chi connectivity index (χ3v) is 4.80. The Morgan fingerprint density at radius 2 is 2.12 bits per heavy atom. The molecule has 5 nitrogen and oxygen atoms in total. The van der Waals surface area contributed by atoms with Gasteiger partial charge in [0, 0.05) is 24.2 Å². The van der Waals surface area contributed by atoms with Crippen molar-refractivity contribution in [3.63, 3.8) is 0 Å². The molecule has 2 aromatic rings. The Bertz CT molecular complexity index is 750. The number of benzene rings is 1. The van der Waals surface area contributed by atoms with E-state index in [1.165, 1.54) is 5.56 Å². The fraction of sp³-hybridized carbons (Fsp3) is 0.421. The first-order valence-corrected chi connectivity index (χ1v) is 8.40. The lowest BCUT2D eigenvalue weighted by atomic mass is 10.0. The molecule has 5 heteroatoms. The van der Waals surface area contributed by atoms with Crippen LogP contribution < -0.4 is 0 Å². The second-order valence-electron chi connectivity index (χ2n) is 6.40. The lowest BCUT2D eigenvalue weighted by molar-refractivity contribution is -0.132. The summed E-state index contributed by atoms with van der Waals surface area (Å²) >= 11 is 0. The number of hydrogen-bond acceptors (Lipinski definition) is 3. The number of aromatic nitrogens is 2. The number of nitriles is 1. The summed E-state index contributed by atoms with van der Waals surface area (Å²) in [6.45, 7) is 4.84. The molecule has 24 heavy (non-hydrogen) atoms. The van der Waals surface area contributed by atoms with Crippen molar-refractivity contribution < 1.29 is 4.79 Å². The van der Waals surface area contributed by atoms with Gasteiger partial charge in [-0.3, -0.25) is 9.89 Å². The summed E-state index contributed by atoms with van der Waals surface area (Å²) < 4.78 is 0. The fourth-order valence-electron chi connectivity index (χ4n) is 3.56. The minimum absolute atomic E-state index is 0.150. The van der Waals surface area contributed by atoms with Crippen LogP contribution in [0.2, 0.25) is 0 Å². The number of hydrogen-bond donors (Lipinski definition) is 1. The highest BCUT2D eigenvalue weighted by atomic mass is 16.2. The Morgan fingerprint density at radius 1 is 1.38 bits per heavy atom. The van der Waals surface area contributed by atoms with Gasteiger partial charge in [-0.05, 0) is 50.8 Å². The Hall–Kier alpha value is -2.61. The molecule has 0 radical (unpaired) electrons. The average Bonchev–Trinajstić information content (AvgIpc) is 3.19. The summed E-state index contributed by atoms with van der Waals surface area (Å²) in [5.74, 6) is 0.196. The van der Waals surface area contributed by atoms with Crippen LogP contribution >= 0.6 is 0 Å². The van der Waals surface area contributed by atoms with E-state index < -0.39 is 0 Å². The van der Waals surface area contributed by atoms with Gasteiger partial charge in [-0.2, -0.15) is 10.4 Å². The van der Waals surface area contributed by atoms with Gasteiger partial charge in [-0.25, -0.2) is 0 Å². The maximum atomic E-state index is 12.7. The summed E-state index contributed by atoms with van der Waals surface area (Å²) in [5, 5.41) is 16.1. The van der Waals surface area contributed by atoms with Crippen molar-refractivity contribution in [1.82, 2.24) is 15.1 Å². The van der Waals surface area contributed by atoms with E-state index in [0.29, 0.717) is 18.4 Å². The average molecular weight is 322 g/mol. The lowest BCUT2D eigenvalue weighted by Crippen LogP contribution is -2.31. The molecule has 1 N–H and O–H groups in total. The molecule has 1 aliphatic heterocycles. The van der Waals surface area contributed by atoms with E-state index in [9.17, 15) is 4.79 Å². The second-order valence-corrected chi connectivity index (χ2v) is 6.40. The van der Waals surface area contributed by atoms with Crippen LogP contribution in [0.25, 0.3) is 0 Å². The van der Waals surface area contributed by atoms with Gasteiger partial charge in [-0.15, -0.1) is 0 Å². The van der Waals surface area contributed by atoms with E-state index in [1.54, 1.807) is 12.1 Å². The highest BCUT2D eigenvalue weighted by molar-refractivity contribution is 5.77. The van der Waals surface area contributed by atoms with Gasteiger partial charge < -0.3 is 4.90 Å². The van der Waals surface area contributed by atoms with Gasteiger partial charge in [-0.1, -0.05) is 12.1 Å². The Morgan fingerprint density at radius 3 is 2.75 bits per heavy atom. The molecular weight excluding hydrogens is 300 g/mol. The molecule has 1 atom stereocenters. The first-order valence-electron chi connectivity index (χ1n) is 8.40. The summed E-state index contributed by atoms with van der Waals surface area (Å²) in [4.78, 5) is 14.7. The van der Waals surface area contributed by atoms with E-state index in [4.69, 9.17) is 5.26 Å². The molecule has 0 saturated carbocycles. The van der Waals surface area contributed by atoms with Gasteiger partial charge >= 0.3 is 0 Å². The van der Waals surface area contributed by atoms with Crippen molar-refractivity contribution in [2.45, 2.75) is 45.6 Å². The summed E-state index contributed by atoms with van der Waals surface area (Å²) in [5.41, 5.74) is 4.97. The Labute approximate surface area is 142 Å². The van der Waals surface area contributed by atoms with Gasteiger partial charge in [0.1, 0.15) is 0 Å². The molecule has 0 spiro atoms. The van der Waals surface area contributed by atoms with Crippen LogP contribution in [0.3, 0.4) is 0 Å². The number of carbonyl (C=O) groups is 1. The molecular formula is C19H22N4O. The molecule has 1 aromatic carbocycles. The lowest BCUT2D eigenvalue weighted by Gasteiger charge is -2.25. The molecule has 1 fully saturated rings. The molecule has 0 aliphatic carbocycles. The molecule has 3 rings (SSSR count). The molecule has 124 valence electrons. The van der Waals surface area contributed by atoms with E-state index in [0.717, 1.165) is 36.3 Å². The maximum Gasteiger partial charge on any atom is 0.223 e. The smallest absolute Gasteiger partial charge is 0.223 e. The number of nitrogens with zero attached hydrogens (tertiary/aromatic N) is 3. The van der Waals surface area contributed by atoms with Crippen LogP contribution in [0.4, 0.5) is 0 Å². The first-order chi connectivity index (χ1) is 11.6. The topological polar surface area (TPSA) is 72.8 Å². The predicted octanol–water partition coefficient (Wildman–Crippen LogP) is 3.19. The SMILES string of the molecule is Cc1n[nH]c(C)c1C1CCCN1C(=O)CCc1ccc(C#N)cc1. The van der Waals surface area contributed by atoms with E-state index in [-0.39, 0.29) is 11.9 Å². The van der Waals surface area contributed by atoms with E-state index in [1.807, 2.05) is 30.9 Å². The van der Waals surface area contributed by atoms with Gasteiger partial charge in [0.15, 0.2) is 0 Å². The van der Waals surface area contributed by atoms with Crippen LogP contribution in [0, 0.1) is 25.2 Å². The van der Waals surface area contributed by atoms with Crippen LogP contribution in [-0.2, 0) is 11.2 Å². The minimum Gasteiger partial charge on any atom is -0.336 e. The van der Waals surface area contributed by atoms with Crippen LogP contribution in [0.5, 0.6) is 0 Å². The molecule has 1 saturated heterocycles. The fourth-order valence-corrected chi connectivity index (χ4v) is 3.56. The minimum atomic E-state index is 0.150. The van der Waals surface area contributed by atoms with Crippen molar-refractivity contribution in [2.75, 3.05) is 6.54 Å². The summed E-state index contributed by atoms with van der Waals surface area (Å²) in [6, 6.07) is 9.72. The molecule has 1 aliphatic rings. The number of H-pyrrole nitrogens is 1.